The Hall–Kier alpha value is -3.97. The highest BCUT2D eigenvalue weighted by molar-refractivity contribution is 6.32. The van der Waals surface area contributed by atoms with Gasteiger partial charge in [-0.15, -0.1) is 0 Å². The van der Waals surface area contributed by atoms with Crippen molar-refractivity contribution in [3.8, 4) is 11.5 Å². The summed E-state index contributed by atoms with van der Waals surface area (Å²) < 4.78 is 15.9. The number of carbonyl (C=O) groups excluding carboxylic acids is 2. The first-order chi connectivity index (χ1) is 17.5. The highest BCUT2D eigenvalue weighted by Gasteiger charge is 2.25. The molecule has 2 N–H and O–H groups in total. The fourth-order valence-electron chi connectivity index (χ4n) is 3.82. The molecule has 0 spiro atoms. The Morgan fingerprint density at radius 2 is 1.86 bits per heavy atom. The summed E-state index contributed by atoms with van der Waals surface area (Å²) in [4.78, 5) is 24.7. The smallest absolute Gasteiger partial charge is 0.412 e. The van der Waals surface area contributed by atoms with Gasteiger partial charge in [0.2, 0.25) is 0 Å². The molecule has 0 radical (unpaired) electrons. The number of nitrogens with one attached hydrogen (secondary N) is 2. The van der Waals surface area contributed by atoms with Crippen LogP contribution in [0.15, 0.2) is 78.9 Å². The zero-order chi connectivity index (χ0) is 25.3. The third-order valence-electron chi connectivity index (χ3n) is 5.68. The molecule has 0 bridgehead atoms. The van der Waals surface area contributed by atoms with Gasteiger partial charge in [-0.25, -0.2) is 9.59 Å². The second-order valence-electron chi connectivity index (χ2n) is 8.19. The molecule has 3 aromatic rings. The molecule has 1 aliphatic heterocycles. The number of rotatable bonds is 8. The summed E-state index contributed by atoms with van der Waals surface area (Å²) in [5.74, 6) is 0.841. The number of hydrogen-bond donors (Lipinski definition) is 2. The SMILES string of the molecule is COc1cccc(CCNC(=O)Oc2ccc(CC3NC(c4ccccc4Cl)=CCOC3=O)cc2)c1. The molecule has 186 valence electrons. The second-order valence-corrected chi connectivity index (χ2v) is 8.60. The van der Waals surface area contributed by atoms with E-state index in [1.54, 1.807) is 25.3 Å². The Bertz CT molecular complexity index is 1240. The molecule has 1 unspecified atom stereocenters. The minimum absolute atomic E-state index is 0.169. The van der Waals surface area contributed by atoms with E-state index >= 15 is 0 Å². The van der Waals surface area contributed by atoms with Crippen molar-refractivity contribution in [2.24, 2.45) is 0 Å². The van der Waals surface area contributed by atoms with Crippen molar-refractivity contribution in [2.75, 3.05) is 20.3 Å². The summed E-state index contributed by atoms with van der Waals surface area (Å²) in [7, 11) is 1.62. The first-order valence-corrected chi connectivity index (χ1v) is 12.0. The van der Waals surface area contributed by atoms with Crippen molar-refractivity contribution in [3.05, 3.63) is 101 Å². The van der Waals surface area contributed by atoms with Crippen LogP contribution in [0.1, 0.15) is 16.7 Å². The van der Waals surface area contributed by atoms with Crippen LogP contribution in [0.5, 0.6) is 11.5 Å². The average Bonchev–Trinajstić information content (AvgIpc) is 3.06. The van der Waals surface area contributed by atoms with E-state index in [4.69, 9.17) is 25.8 Å². The number of halogens is 1. The van der Waals surface area contributed by atoms with Gasteiger partial charge in [-0.3, -0.25) is 0 Å². The maximum Gasteiger partial charge on any atom is 0.412 e. The quantitative estimate of drug-likeness (QED) is 0.428. The van der Waals surface area contributed by atoms with E-state index in [2.05, 4.69) is 10.6 Å². The summed E-state index contributed by atoms with van der Waals surface area (Å²) in [6.07, 6.45) is 2.32. The van der Waals surface area contributed by atoms with Crippen LogP contribution in [0.25, 0.3) is 5.70 Å². The third-order valence-corrected chi connectivity index (χ3v) is 6.01. The predicted molar refractivity (Wildman–Crippen MR) is 138 cm³/mol. The largest absolute Gasteiger partial charge is 0.497 e. The number of ether oxygens (including phenoxy) is 3. The predicted octanol–water partition coefficient (Wildman–Crippen LogP) is 4.78. The minimum Gasteiger partial charge on any atom is -0.497 e. The van der Waals surface area contributed by atoms with Crippen molar-refractivity contribution in [1.82, 2.24) is 10.6 Å². The number of esters is 1. The first kappa shape index (κ1) is 25.1. The van der Waals surface area contributed by atoms with Gasteiger partial charge < -0.3 is 24.8 Å². The monoisotopic (exact) mass is 506 g/mol. The number of hydrogen-bond acceptors (Lipinski definition) is 6. The standard InChI is InChI=1S/C28H27ClN2O5/c1-34-22-6-4-5-19(17-22)13-15-30-28(33)36-21-11-9-20(10-12-21)18-26-27(32)35-16-14-25(31-26)23-7-2-3-8-24(23)29/h2-12,14,17,26,31H,13,15-16,18H2,1H3,(H,30,33). The number of amides is 1. The van der Waals surface area contributed by atoms with Crippen molar-refractivity contribution < 1.29 is 23.8 Å². The van der Waals surface area contributed by atoms with Crippen LogP contribution in [-0.4, -0.2) is 38.4 Å². The van der Waals surface area contributed by atoms with Crippen LogP contribution >= 0.6 is 11.6 Å². The molecule has 0 saturated heterocycles. The molecule has 1 heterocycles. The van der Waals surface area contributed by atoms with Crippen LogP contribution < -0.4 is 20.1 Å². The lowest BCUT2D eigenvalue weighted by atomic mass is 10.0. The Morgan fingerprint density at radius 1 is 1.06 bits per heavy atom. The molecule has 1 atom stereocenters. The molecule has 3 aromatic carbocycles. The normalized spacial score (nSPS) is 15.1. The van der Waals surface area contributed by atoms with Crippen molar-refractivity contribution in [1.29, 1.82) is 0 Å². The molecule has 7 nitrogen and oxygen atoms in total. The molecule has 0 aliphatic carbocycles. The van der Waals surface area contributed by atoms with E-state index < -0.39 is 12.1 Å². The lowest BCUT2D eigenvalue weighted by Gasteiger charge is -2.18. The van der Waals surface area contributed by atoms with Crippen molar-refractivity contribution in [3.63, 3.8) is 0 Å². The van der Waals surface area contributed by atoms with Gasteiger partial charge in [0.05, 0.1) is 7.11 Å². The van der Waals surface area contributed by atoms with Gasteiger partial charge in [-0.1, -0.05) is 54.1 Å². The lowest BCUT2D eigenvalue weighted by molar-refractivity contribution is -0.144. The Labute approximate surface area is 215 Å². The number of carbonyl (C=O) groups is 2. The van der Waals surface area contributed by atoms with Gasteiger partial charge in [0.15, 0.2) is 0 Å². The fourth-order valence-corrected chi connectivity index (χ4v) is 4.06. The topological polar surface area (TPSA) is 85.9 Å². The van der Waals surface area contributed by atoms with Gasteiger partial charge >= 0.3 is 12.1 Å². The van der Waals surface area contributed by atoms with Gasteiger partial charge in [0.1, 0.15) is 24.1 Å². The first-order valence-electron chi connectivity index (χ1n) is 11.6. The molecule has 0 fully saturated rings. The van der Waals surface area contributed by atoms with Crippen molar-refractivity contribution >= 4 is 29.4 Å². The molecule has 8 heteroatoms. The molecule has 0 saturated carbocycles. The van der Waals surface area contributed by atoms with Gasteiger partial charge in [-0.05, 0) is 54.0 Å². The molecule has 0 aromatic heterocycles. The summed E-state index contributed by atoms with van der Waals surface area (Å²) >= 11 is 6.33. The molecule has 36 heavy (non-hydrogen) atoms. The van der Waals surface area contributed by atoms with Crippen LogP contribution in [0.4, 0.5) is 4.79 Å². The number of methoxy groups -OCH3 is 1. The minimum atomic E-state index is -0.582. The third kappa shape index (κ3) is 6.79. The van der Waals surface area contributed by atoms with E-state index in [0.29, 0.717) is 30.2 Å². The Kier molecular flexibility index (Phi) is 8.47. The highest BCUT2D eigenvalue weighted by Crippen LogP contribution is 2.24. The number of benzene rings is 3. The van der Waals surface area contributed by atoms with E-state index in [1.807, 2.05) is 60.7 Å². The summed E-state index contributed by atoms with van der Waals surface area (Å²) in [5.41, 5.74) is 3.50. The maximum atomic E-state index is 12.5. The van der Waals surface area contributed by atoms with Gasteiger partial charge in [0, 0.05) is 29.2 Å². The van der Waals surface area contributed by atoms with Crippen molar-refractivity contribution in [2.45, 2.75) is 18.9 Å². The fraction of sp³-hybridized carbons (Fsp3) is 0.214. The van der Waals surface area contributed by atoms with E-state index in [1.165, 1.54) is 0 Å². The second kappa shape index (κ2) is 12.1. The Morgan fingerprint density at radius 3 is 2.64 bits per heavy atom. The highest BCUT2D eigenvalue weighted by atomic mass is 35.5. The van der Waals surface area contributed by atoms with Crippen LogP contribution in [-0.2, 0) is 22.4 Å². The van der Waals surface area contributed by atoms with E-state index in [9.17, 15) is 9.59 Å². The van der Waals surface area contributed by atoms with E-state index in [-0.39, 0.29) is 12.6 Å². The Balaban J connectivity index is 1.30. The molecule has 1 amide bonds. The van der Waals surface area contributed by atoms with Gasteiger partial charge in [-0.2, -0.15) is 0 Å². The summed E-state index contributed by atoms with van der Waals surface area (Å²) in [6, 6.07) is 21.6. The molecule has 1 aliphatic rings. The van der Waals surface area contributed by atoms with Crippen LogP contribution in [0.3, 0.4) is 0 Å². The van der Waals surface area contributed by atoms with Crippen LogP contribution in [0.2, 0.25) is 5.02 Å². The van der Waals surface area contributed by atoms with Crippen LogP contribution in [0, 0.1) is 0 Å². The zero-order valence-corrected chi connectivity index (χ0v) is 20.6. The number of cyclic esters (lactones) is 1. The maximum absolute atomic E-state index is 12.5. The molecular formula is C28H27ClN2O5. The summed E-state index contributed by atoms with van der Waals surface area (Å²) in [5, 5.41) is 6.60. The summed E-state index contributed by atoms with van der Waals surface area (Å²) in [6.45, 7) is 0.601. The zero-order valence-electron chi connectivity index (χ0n) is 19.8. The molecule has 4 rings (SSSR count). The molecular weight excluding hydrogens is 480 g/mol. The lowest BCUT2D eigenvalue weighted by Crippen LogP contribution is -2.37. The van der Waals surface area contributed by atoms with E-state index in [0.717, 1.165) is 28.1 Å². The average molecular weight is 507 g/mol. The van der Waals surface area contributed by atoms with Gasteiger partial charge in [0.25, 0.3) is 0 Å².